The van der Waals surface area contributed by atoms with Crippen LogP contribution in [0.3, 0.4) is 0 Å². The zero-order chi connectivity index (χ0) is 13.3. The summed E-state index contributed by atoms with van der Waals surface area (Å²) in [5.74, 6) is 0.553. The quantitative estimate of drug-likeness (QED) is 0.820. The smallest absolute Gasteiger partial charge is 0.150 e. The summed E-state index contributed by atoms with van der Waals surface area (Å²) in [4.78, 5) is 2.27. The van der Waals surface area contributed by atoms with E-state index >= 15 is 0 Å². The number of rotatable bonds is 3. The van der Waals surface area contributed by atoms with Gasteiger partial charge in [-0.1, -0.05) is 20.8 Å². The van der Waals surface area contributed by atoms with Crippen molar-refractivity contribution in [2.75, 3.05) is 31.6 Å². The number of likely N-dealkylation sites (N-methyl/N-ethyl adjacent to an activating group) is 1. The molecule has 0 radical (unpaired) electrons. The zero-order valence-electron chi connectivity index (χ0n) is 11.5. The second kappa shape index (κ2) is 4.86. The van der Waals surface area contributed by atoms with Gasteiger partial charge in [-0.3, -0.25) is 4.90 Å². The number of sulfone groups is 1. The molecule has 0 unspecified atom stereocenters. The average molecular weight is 262 g/mol. The third-order valence-electron chi connectivity index (χ3n) is 3.66. The van der Waals surface area contributed by atoms with E-state index in [0.29, 0.717) is 19.4 Å². The summed E-state index contributed by atoms with van der Waals surface area (Å²) < 4.78 is 23.0. The SMILES string of the molecule is CN(CC(C)(C)C)C1(CN)CCS(=O)(=O)CC1. The number of hydrogen-bond donors (Lipinski definition) is 1. The van der Waals surface area contributed by atoms with Crippen molar-refractivity contribution in [3.8, 4) is 0 Å². The first-order valence-corrected chi connectivity index (χ1v) is 8.04. The molecule has 0 saturated carbocycles. The molecular weight excluding hydrogens is 236 g/mol. The van der Waals surface area contributed by atoms with E-state index in [-0.39, 0.29) is 22.5 Å². The highest BCUT2D eigenvalue weighted by Crippen LogP contribution is 2.30. The first-order valence-electron chi connectivity index (χ1n) is 6.22. The van der Waals surface area contributed by atoms with Crippen LogP contribution in [0.15, 0.2) is 0 Å². The lowest BCUT2D eigenvalue weighted by atomic mass is 9.87. The van der Waals surface area contributed by atoms with Crippen molar-refractivity contribution in [2.45, 2.75) is 39.2 Å². The van der Waals surface area contributed by atoms with E-state index in [0.717, 1.165) is 6.54 Å². The van der Waals surface area contributed by atoms with Gasteiger partial charge in [-0.15, -0.1) is 0 Å². The second-order valence-corrected chi connectivity index (χ2v) is 8.80. The molecule has 1 aliphatic rings. The van der Waals surface area contributed by atoms with Gasteiger partial charge in [0.25, 0.3) is 0 Å². The summed E-state index contributed by atoms with van der Waals surface area (Å²) >= 11 is 0. The van der Waals surface area contributed by atoms with Crippen LogP contribution in [0, 0.1) is 5.41 Å². The fourth-order valence-corrected chi connectivity index (χ4v) is 4.12. The van der Waals surface area contributed by atoms with E-state index in [4.69, 9.17) is 5.73 Å². The minimum Gasteiger partial charge on any atom is -0.329 e. The highest BCUT2D eigenvalue weighted by atomic mass is 32.2. The molecule has 1 rings (SSSR count). The van der Waals surface area contributed by atoms with Crippen molar-refractivity contribution < 1.29 is 8.42 Å². The molecule has 1 fully saturated rings. The molecule has 0 spiro atoms. The maximum absolute atomic E-state index is 11.5. The molecular formula is C12H26N2O2S. The monoisotopic (exact) mass is 262 g/mol. The Labute approximate surface area is 105 Å². The molecule has 1 aliphatic heterocycles. The van der Waals surface area contributed by atoms with Crippen molar-refractivity contribution in [3.63, 3.8) is 0 Å². The van der Waals surface area contributed by atoms with Gasteiger partial charge >= 0.3 is 0 Å². The molecule has 0 aromatic carbocycles. The molecule has 0 aromatic heterocycles. The number of hydrogen-bond acceptors (Lipinski definition) is 4. The van der Waals surface area contributed by atoms with Crippen molar-refractivity contribution in [3.05, 3.63) is 0 Å². The summed E-state index contributed by atoms with van der Waals surface area (Å²) in [5.41, 5.74) is 5.99. The van der Waals surface area contributed by atoms with Gasteiger partial charge in [0.2, 0.25) is 0 Å². The lowest BCUT2D eigenvalue weighted by molar-refractivity contribution is 0.0769. The minimum atomic E-state index is -2.82. The summed E-state index contributed by atoms with van der Waals surface area (Å²) in [6.45, 7) is 8.03. The highest BCUT2D eigenvalue weighted by molar-refractivity contribution is 7.91. The first-order chi connectivity index (χ1) is 7.60. The van der Waals surface area contributed by atoms with Crippen LogP contribution in [0.2, 0.25) is 0 Å². The van der Waals surface area contributed by atoms with Crippen molar-refractivity contribution in [1.29, 1.82) is 0 Å². The molecule has 0 aliphatic carbocycles. The van der Waals surface area contributed by atoms with Crippen molar-refractivity contribution >= 4 is 9.84 Å². The van der Waals surface area contributed by atoms with E-state index in [1.54, 1.807) is 0 Å². The van der Waals surface area contributed by atoms with Crippen LogP contribution >= 0.6 is 0 Å². The third kappa shape index (κ3) is 3.93. The van der Waals surface area contributed by atoms with Crippen LogP contribution in [0.5, 0.6) is 0 Å². The Balaban J connectivity index is 2.77. The zero-order valence-corrected chi connectivity index (χ0v) is 12.3. The first kappa shape index (κ1) is 14.9. The van der Waals surface area contributed by atoms with Crippen LogP contribution in [0.4, 0.5) is 0 Å². The molecule has 0 bridgehead atoms. The Morgan fingerprint density at radius 3 is 2.06 bits per heavy atom. The molecule has 0 aromatic rings. The van der Waals surface area contributed by atoms with Crippen molar-refractivity contribution in [1.82, 2.24) is 4.90 Å². The van der Waals surface area contributed by atoms with Crippen LogP contribution in [-0.2, 0) is 9.84 Å². The van der Waals surface area contributed by atoms with Gasteiger partial charge in [0.05, 0.1) is 11.5 Å². The molecule has 0 atom stereocenters. The summed E-state index contributed by atoms with van der Waals surface area (Å²) in [5, 5.41) is 0. The fourth-order valence-electron chi connectivity index (χ4n) is 2.54. The fraction of sp³-hybridized carbons (Fsp3) is 1.00. The van der Waals surface area contributed by atoms with Crippen LogP contribution < -0.4 is 5.73 Å². The molecule has 2 N–H and O–H groups in total. The van der Waals surface area contributed by atoms with E-state index < -0.39 is 9.84 Å². The normalized spacial score (nSPS) is 23.9. The lowest BCUT2D eigenvalue weighted by Gasteiger charge is -2.46. The van der Waals surface area contributed by atoms with Crippen LogP contribution in [0.1, 0.15) is 33.6 Å². The highest BCUT2D eigenvalue weighted by Gasteiger charge is 2.40. The molecule has 17 heavy (non-hydrogen) atoms. The van der Waals surface area contributed by atoms with Gasteiger partial charge in [-0.2, -0.15) is 0 Å². The molecule has 4 nitrogen and oxygen atoms in total. The molecule has 102 valence electrons. The lowest BCUT2D eigenvalue weighted by Crippen LogP contribution is -2.57. The Kier molecular flexibility index (Phi) is 4.27. The standard InChI is InChI=1S/C12H26N2O2S/c1-11(2,3)10-14(4)12(9-13)5-7-17(15,16)8-6-12/h5-10,13H2,1-4H3. The Hall–Kier alpha value is -0.130. The predicted octanol–water partition coefficient (Wildman–Crippen LogP) is 0.870. The largest absolute Gasteiger partial charge is 0.329 e. The maximum Gasteiger partial charge on any atom is 0.150 e. The van der Waals surface area contributed by atoms with Gasteiger partial charge in [-0.05, 0) is 25.3 Å². The molecule has 1 heterocycles. The molecule has 0 amide bonds. The van der Waals surface area contributed by atoms with E-state index in [1.807, 2.05) is 0 Å². The Bertz CT molecular complexity index is 343. The Morgan fingerprint density at radius 1 is 1.24 bits per heavy atom. The van der Waals surface area contributed by atoms with Gasteiger partial charge < -0.3 is 5.73 Å². The number of nitrogens with two attached hydrogens (primary N) is 1. The summed E-state index contributed by atoms with van der Waals surface area (Å²) in [6.07, 6.45) is 1.33. The van der Waals surface area contributed by atoms with Gasteiger partial charge in [0.15, 0.2) is 0 Å². The Morgan fingerprint density at radius 2 is 1.71 bits per heavy atom. The molecule has 1 saturated heterocycles. The number of nitrogens with zero attached hydrogens (tertiary/aromatic N) is 1. The second-order valence-electron chi connectivity index (χ2n) is 6.50. The van der Waals surface area contributed by atoms with Gasteiger partial charge in [0, 0.05) is 18.6 Å². The molecule has 5 heteroatoms. The third-order valence-corrected chi connectivity index (χ3v) is 5.31. The average Bonchev–Trinajstić information content (AvgIpc) is 2.16. The van der Waals surface area contributed by atoms with E-state index in [2.05, 4.69) is 32.7 Å². The minimum absolute atomic E-state index is 0.126. The summed E-state index contributed by atoms with van der Waals surface area (Å²) in [7, 11) is -0.758. The predicted molar refractivity (Wildman–Crippen MR) is 71.8 cm³/mol. The van der Waals surface area contributed by atoms with Gasteiger partial charge in [-0.25, -0.2) is 8.42 Å². The van der Waals surface area contributed by atoms with Crippen LogP contribution in [0.25, 0.3) is 0 Å². The van der Waals surface area contributed by atoms with Crippen molar-refractivity contribution in [2.24, 2.45) is 11.1 Å². The van der Waals surface area contributed by atoms with E-state index in [9.17, 15) is 8.42 Å². The topological polar surface area (TPSA) is 63.4 Å². The van der Waals surface area contributed by atoms with E-state index in [1.165, 1.54) is 0 Å². The van der Waals surface area contributed by atoms with Crippen LogP contribution in [-0.4, -0.2) is 50.5 Å². The summed E-state index contributed by atoms with van der Waals surface area (Å²) in [6, 6.07) is 0. The maximum atomic E-state index is 11.5. The van der Waals surface area contributed by atoms with Gasteiger partial charge in [0.1, 0.15) is 9.84 Å².